The normalized spacial score (nSPS) is 28.7. The maximum absolute atomic E-state index is 14.3. The van der Waals surface area contributed by atoms with Crippen LogP contribution in [0.2, 0.25) is 0 Å². The molecule has 5 bridgehead atoms. The number of carbonyl (C=O) groups is 3. The van der Waals surface area contributed by atoms with Crippen molar-refractivity contribution in [1.29, 1.82) is 0 Å². The number of nitrogens with one attached hydrogen (secondary N) is 1. The van der Waals surface area contributed by atoms with Crippen LogP contribution >= 0.6 is 0 Å². The smallest absolute Gasteiger partial charge is 0.312 e. The number of aliphatic hydroxyl groups excluding tert-OH is 2. The first-order chi connectivity index (χ1) is 26.8. The van der Waals surface area contributed by atoms with E-state index in [2.05, 4.69) is 10.5 Å². The maximum atomic E-state index is 14.3. The van der Waals surface area contributed by atoms with Crippen LogP contribution in [-0.4, -0.2) is 93.3 Å². The zero-order valence-electron chi connectivity index (χ0n) is 34.2. The van der Waals surface area contributed by atoms with Crippen molar-refractivity contribution in [2.75, 3.05) is 19.0 Å². The van der Waals surface area contributed by atoms with Gasteiger partial charge in [0.05, 0.1) is 53.0 Å². The van der Waals surface area contributed by atoms with E-state index in [1.807, 2.05) is 6.92 Å². The highest BCUT2D eigenvalue weighted by Gasteiger charge is 2.50. The predicted molar refractivity (Wildman–Crippen MR) is 212 cm³/mol. The number of fused-ring (bicyclic) bond motifs is 14. The van der Waals surface area contributed by atoms with Crippen molar-refractivity contribution in [3.8, 4) is 23.0 Å². The summed E-state index contributed by atoms with van der Waals surface area (Å²) in [6.45, 7) is 14.6. The van der Waals surface area contributed by atoms with E-state index in [1.54, 1.807) is 39.8 Å². The third-order valence-electron chi connectivity index (χ3n) is 10.9. The number of nitrogens with zero attached hydrogens (tertiary/aromatic N) is 1. The average Bonchev–Trinajstić information content (AvgIpc) is 3.43. The summed E-state index contributed by atoms with van der Waals surface area (Å²) in [6.07, 6.45) is 6.05. The molecule has 0 spiro atoms. The number of rotatable bonds is 7. The van der Waals surface area contributed by atoms with Crippen molar-refractivity contribution in [1.82, 2.24) is 0 Å². The van der Waals surface area contributed by atoms with Crippen molar-refractivity contribution in [3.63, 3.8) is 0 Å². The SMILES string of the molecule is CCCCON=Cc1c2c(O)c3c(O)c(C)c4c(c3c1O)C(=O)C(C)(OC=CC(OC)C(C)C(OC(C)=O)C(C)C(O)C(C)C(O)C(C)C=CC=C(C)C(=O)N2)O4. The number of amides is 1. The topological polar surface area (TPSA) is 223 Å². The van der Waals surface area contributed by atoms with Crippen molar-refractivity contribution < 1.29 is 63.7 Å². The maximum Gasteiger partial charge on any atom is 0.312 e. The number of ether oxygens (including phenoxy) is 4. The van der Waals surface area contributed by atoms with Gasteiger partial charge in [0.15, 0.2) is 5.75 Å². The molecule has 9 atom stereocenters. The van der Waals surface area contributed by atoms with Crippen LogP contribution in [0.4, 0.5) is 5.69 Å². The molecule has 5 rings (SSSR count). The molecule has 0 saturated carbocycles. The Hall–Kier alpha value is -5.12. The summed E-state index contributed by atoms with van der Waals surface area (Å²) in [5.41, 5.74) is -0.577. The predicted octanol–water partition coefficient (Wildman–Crippen LogP) is 5.90. The van der Waals surface area contributed by atoms with Gasteiger partial charge in [-0.15, -0.1) is 0 Å². The average molecular weight is 797 g/mol. The van der Waals surface area contributed by atoms with Gasteiger partial charge in [-0.3, -0.25) is 14.4 Å². The number of Topliss-reactive ketones (excluding diaryl/α,β-unsaturated/α-hetero) is 1. The lowest BCUT2D eigenvalue weighted by molar-refractivity contribution is -0.160. The molecule has 2 aromatic carbocycles. The monoisotopic (exact) mass is 796 g/mol. The standard InChI is InChI=1S/C42H56N2O13/c1-11-12-17-55-43-19-27-32-37(50)30-29(36(27)49)31-39(25(7)35(30)48)57-42(9,40(31)51)54-18-16-28(53-10)22(4)38(56-26(8)45)24(6)34(47)23(5)33(46)20(2)14-13-15-21(3)41(52)44-32/h13-16,18-20,22-24,28,33-34,38,46-50H,11-12,17H2,1-10H3,(H,44,52). The fourth-order valence-corrected chi connectivity index (χ4v) is 7.22. The number of phenolic OH excluding ortho intramolecular Hbond substituents is 3. The number of benzene rings is 2. The Kier molecular flexibility index (Phi) is 14.4. The van der Waals surface area contributed by atoms with Gasteiger partial charge in [0.1, 0.15) is 30.0 Å². The largest absolute Gasteiger partial charge is 0.507 e. The summed E-state index contributed by atoms with van der Waals surface area (Å²) >= 11 is 0. The zero-order valence-corrected chi connectivity index (χ0v) is 34.2. The lowest BCUT2D eigenvalue weighted by Crippen LogP contribution is -2.46. The van der Waals surface area contributed by atoms with E-state index in [-0.39, 0.29) is 51.1 Å². The number of methoxy groups -OCH3 is 1. The molecule has 9 unspecified atom stereocenters. The number of ketones is 1. The number of aromatic hydroxyl groups is 3. The lowest BCUT2D eigenvalue weighted by Gasteiger charge is -2.38. The molecule has 0 fully saturated rings. The number of oxime groups is 1. The molecule has 312 valence electrons. The van der Waals surface area contributed by atoms with E-state index < -0.39 is 88.8 Å². The van der Waals surface area contributed by atoms with Crippen LogP contribution in [0.25, 0.3) is 10.8 Å². The van der Waals surface area contributed by atoms with Crippen molar-refractivity contribution in [2.45, 2.75) is 105 Å². The number of carbonyl (C=O) groups excluding carboxylic acids is 3. The summed E-state index contributed by atoms with van der Waals surface area (Å²) in [7, 11) is 1.43. The number of esters is 1. The van der Waals surface area contributed by atoms with Gasteiger partial charge in [0, 0.05) is 61.2 Å². The minimum atomic E-state index is -2.05. The molecule has 0 saturated heterocycles. The molecule has 3 aliphatic heterocycles. The molecule has 15 heteroatoms. The van der Waals surface area contributed by atoms with E-state index >= 15 is 0 Å². The summed E-state index contributed by atoms with van der Waals surface area (Å²) in [6, 6.07) is 0. The minimum absolute atomic E-state index is 0.0378. The van der Waals surface area contributed by atoms with Gasteiger partial charge in [0.25, 0.3) is 11.7 Å². The second-order valence-electron chi connectivity index (χ2n) is 15.0. The molecule has 2 aromatic rings. The van der Waals surface area contributed by atoms with E-state index in [0.717, 1.165) is 12.6 Å². The molecule has 3 heterocycles. The molecule has 15 nitrogen and oxygen atoms in total. The van der Waals surface area contributed by atoms with Crippen LogP contribution in [-0.2, 0) is 28.6 Å². The van der Waals surface area contributed by atoms with Crippen LogP contribution in [0.5, 0.6) is 23.0 Å². The molecule has 0 radical (unpaired) electrons. The first-order valence-corrected chi connectivity index (χ1v) is 19.1. The third-order valence-corrected chi connectivity index (χ3v) is 10.9. The number of aliphatic hydroxyl groups is 2. The molecule has 57 heavy (non-hydrogen) atoms. The van der Waals surface area contributed by atoms with Gasteiger partial charge in [-0.25, -0.2) is 0 Å². The summed E-state index contributed by atoms with van der Waals surface area (Å²) < 4.78 is 23.5. The van der Waals surface area contributed by atoms with Gasteiger partial charge >= 0.3 is 11.8 Å². The molecule has 0 aromatic heterocycles. The fraction of sp³-hybridized carbons (Fsp3) is 0.524. The first kappa shape index (κ1) is 44.6. The van der Waals surface area contributed by atoms with Gasteiger partial charge in [0.2, 0.25) is 0 Å². The van der Waals surface area contributed by atoms with Crippen molar-refractivity contribution >= 4 is 40.3 Å². The summed E-state index contributed by atoms with van der Waals surface area (Å²) in [5, 5.41) is 63.8. The number of unbranched alkanes of at least 4 members (excludes halogenated alkanes) is 1. The molecule has 6 N–H and O–H groups in total. The molecule has 1 amide bonds. The Bertz CT molecular complexity index is 1970. The molecule has 3 aliphatic rings. The Morgan fingerprint density at radius 3 is 2.30 bits per heavy atom. The molecular weight excluding hydrogens is 740 g/mol. The van der Waals surface area contributed by atoms with Crippen molar-refractivity contribution in [2.24, 2.45) is 28.8 Å². The van der Waals surface area contributed by atoms with Crippen molar-refractivity contribution in [3.05, 3.63) is 52.8 Å². The fourth-order valence-electron chi connectivity index (χ4n) is 7.22. The van der Waals surface area contributed by atoms with Crippen LogP contribution in [0.3, 0.4) is 0 Å². The summed E-state index contributed by atoms with van der Waals surface area (Å²) in [4.78, 5) is 45.5. The first-order valence-electron chi connectivity index (χ1n) is 19.1. The number of hydrogen-bond donors (Lipinski definition) is 6. The Morgan fingerprint density at radius 1 is 0.982 bits per heavy atom. The summed E-state index contributed by atoms with van der Waals surface area (Å²) in [5.74, 6) is -8.58. The van der Waals surface area contributed by atoms with E-state index in [9.17, 15) is 39.9 Å². The zero-order chi connectivity index (χ0) is 42.5. The van der Waals surface area contributed by atoms with E-state index in [4.69, 9.17) is 23.8 Å². The molecule has 0 aliphatic carbocycles. The Labute approximate surface area is 332 Å². The van der Waals surface area contributed by atoms with Crippen LogP contribution < -0.4 is 10.1 Å². The van der Waals surface area contributed by atoms with E-state index in [0.29, 0.717) is 6.42 Å². The Morgan fingerprint density at radius 2 is 1.67 bits per heavy atom. The number of allylic oxidation sites excluding steroid dienone is 2. The number of hydrogen-bond acceptors (Lipinski definition) is 14. The van der Waals surface area contributed by atoms with Gasteiger partial charge < -0.3 is 54.6 Å². The highest BCUT2D eigenvalue weighted by molar-refractivity contribution is 6.23. The highest BCUT2D eigenvalue weighted by atomic mass is 16.7. The highest BCUT2D eigenvalue weighted by Crippen LogP contribution is 2.55. The van der Waals surface area contributed by atoms with Gasteiger partial charge in [-0.1, -0.05) is 64.4 Å². The lowest BCUT2D eigenvalue weighted by atomic mass is 9.78. The third kappa shape index (κ3) is 9.05. The van der Waals surface area contributed by atoms with Crippen LogP contribution in [0.1, 0.15) is 89.7 Å². The Balaban J connectivity index is 1.96. The quantitative estimate of drug-likeness (QED) is 0.0480. The van der Waals surface area contributed by atoms with Gasteiger partial charge in [-0.05, 0) is 26.3 Å². The minimum Gasteiger partial charge on any atom is -0.507 e. The molecular formula is C42H56N2O13. The van der Waals surface area contributed by atoms with Crippen LogP contribution in [0, 0.1) is 30.6 Å². The number of anilines is 1. The van der Waals surface area contributed by atoms with E-state index in [1.165, 1.54) is 53.2 Å². The van der Waals surface area contributed by atoms with Crippen LogP contribution in [0.15, 0.2) is 41.3 Å². The second kappa shape index (κ2) is 18.4. The van der Waals surface area contributed by atoms with Gasteiger partial charge in [-0.2, -0.15) is 0 Å². The second-order valence-corrected chi connectivity index (χ2v) is 15.0. The number of phenols is 3.